The van der Waals surface area contributed by atoms with Crippen LogP contribution in [0.2, 0.25) is 0 Å². The second-order valence-electron chi connectivity index (χ2n) is 3.85. The molecule has 1 atom stereocenters. The first-order chi connectivity index (χ1) is 7.54. The molecule has 0 aliphatic rings. The van der Waals surface area contributed by atoms with E-state index in [4.69, 9.17) is 16.2 Å². The third kappa shape index (κ3) is 3.54. The lowest BCUT2D eigenvalue weighted by molar-refractivity contribution is 0.289. The van der Waals surface area contributed by atoms with Crippen LogP contribution in [0.5, 0.6) is 0 Å². The van der Waals surface area contributed by atoms with E-state index >= 15 is 0 Å². The van der Waals surface area contributed by atoms with Gasteiger partial charge in [-0.15, -0.1) is 11.8 Å². The summed E-state index contributed by atoms with van der Waals surface area (Å²) < 4.78 is 0. The van der Waals surface area contributed by atoms with E-state index in [-0.39, 0.29) is 12.4 Å². The van der Waals surface area contributed by atoms with E-state index in [9.17, 15) is 0 Å². The van der Waals surface area contributed by atoms with Crippen LogP contribution in [-0.4, -0.2) is 22.8 Å². The number of thioether (sulfide) groups is 1. The van der Waals surface area contributed by atoms with Crippen molar-refractivity contribution < 1.29 is 5.11 Å². The minimum absolute atomic E-state index is 0.0994. The van der Waals surface area contributed by atoms with Crippen LogP contribution in [0.3, 0.4) is 0 Å². The molecule has 0 amide bonds. The SMILES string of the molecule is Cc1ccc(SC(C)CCO)c(C(=N)N)c1. The fraction of sp³-hybridized carbons (Fsp3) is 0.417. The molecule has 0 fully saturated rings. The van der Waals surface area contributed by atoms with Crippen molar-refractivity contribution in [1.29, 1.82) is 5.41 Å². The Balaban J connectivity index is 2.90. The first-order valence-corrected chi connectivity index (χ1v) is 6.15. The Morgan fingerprint density at radius 2 is 2.25 bits per heavy atom. The summed E-state index contributed by atoms with van der Waals surface area (Å²) in [4.78, 5) is 1.01. The van der Waals surface area contributed by atoms with Gasteiger partial charge >= 0.3 is 0 Å². The number of aliphatic hydroxyl groups is 1. The van der Waals surface area contributed by atoms with Crippen LogP contribution in [0.25, 0.3) is 0 Å². The Hall–Kier alpha value is -1.00. The Labute approximate surface area is 101 Å². The molecule has 0 aliphatic heterocycles. The molecule has 0 aromatic heterocycles. The standard InChI is InChI=1S/C12H18N2OS/c1-8-3-4-11(10(7-8)12(13)14)16-9(2)5-6-15/h3-4,7,9,15H,5-6H2,1-2H3,(H3,13,14). The van der Waals surface area contributed by atoms with Crippen LogP contribution in [-0.2, 0) is 0 Å². The molecule has 0 radical (unpaired) electrons. The summed E-state index contributed by atoms with van der Waals surface area (Å²) in [7, 11) is 0. The highest BCUT2D eigenvalue weighted by molar-refractivity contribution is 8.00. The summed E-state index contributed by atoms with van der Waals surface area (Å²) in [5, 5.41) is 16.7. The number of rotatable bonds is 5. The third-order valence-electron chi connectivity index (χ3n) is 2.29. The lowest BCUT2D eigenvalue weighted by Crippen LogP contribution is -2.13. The number of amidine groups is 1. The molecule has 1 unspecified atom stereocenters. The number of nitrogens with two attached hydrogens (primary N) is 1. The Bertz CT molecular complexity index is 379. The lowest BCUT2D eigenvalue weighted by atomic mass is 10.1. The van der Waals surface area contributed by atoms with Crippen molar-refractivity contribution in [2.75, 3.05) is 6.61 Å². The number of nitrogens with one attached hydrogen (secondary N) is 1. The van der Waals surface area contributed by atoms with Gasteiger partial charge < -0.3 is 10.8 Å². The van der Waals surface area contributed by atoms with Crippen molar-refractivity contribution in [2.24, 2.45) is 5.73 Å². The predicted molar refractivity (Wildman–Crippen MR) is 69.2 cm³/mol. The van der Waals surface area contributed by atoms with Crippen LogP contribution < -0.4 is 5.73 Å². The quantitative estimate of drug-likeness (QED) is 0.418. The molecular formula is C12H18N2OS. The summed E-state index contributed by atoms with van der Waals surface area (Å²) in [6.45, 7) is 4.23. The second kappa shape index (κ2) is 5.92. The van der Waals surface area contributed by atoms with Crippen molar-refractivity contribution in [1.82, 2.24) is 0 Å². The zero-order chi connectivity index (χ0) is 12.1. The number of hydrogen-bond donors (Lipinski definition) is 3. The molecule has 0 saturated carbocycles. The van der Waals surface area contributed by atoms with E-state index in [1.165, 1.54) is 0 Å². The zero-order valence-electron chi connectivity index (χ0n) is 9.66. The van der Waals surface area contributed by atoms with Crippen molar-refractivity contribution >= 4 is 17.6 Å². The monoisotopic (exact) mass is 238 g/mol. The molecule has 1 aromatic rings. The van der Waals surface area contributed by atoms with Crippen LogP contribution in [0.4, 0.5) is 0 Å². The summed E-state index contributed by atoms with van der Waals surface area (Å²) in [6.07, 6.45) is 0.746. The number of hydrogen-bond acceptors (Lipinski definition) is 3. The maximum atomic E-state index is 8.86. The highest BCUT2D eigenvalue weighted by Gasteiger charge is 2.10. The van der Waals surface area contributed by atoms with Gasteiger partial charge in [-0.05, 0) is 25.5 Å². The second-order valence-corrected chi connectivity index (χ2v) is 5.33. The van der Waals surface area contributed by atoms with Crippen molar-refractivity contribution in [3.63, 3.8) is 0 Å². The molecule has 88 valence electrons. The molecule has 4 heteroatoms. The molecule has 1 aromatic carbocycles. The van der Waals surface area contributed by atoms with E-state index in [0.29, 0.717) is 5.25 Å². The molecule has 0 heterocycles. The first kappa shape index (κ1) is 13.1. The van der Waals surface area contributed by atoms with E-state index in [1.807, 2.05) is 25.1 Å². The molecule has 16 heavy (non-hydrogen) atoms. The van der Waals surface area contributed by atoms with Gasteiger partial charge in [0.15, 0.2) is 0 Å². The van der Waals surface area contributed by atoms with Crippen LogP contribution in [0, 0.1) is 12.3 Å². The van der Waals surface area contributed by atoms with E-state index in [2.05, 4.69) is 6.92 Å². The highest BCUT2D eigenvalue weighted by Crippen LogP contribution is 2.28. The topological polar surface area (TPSA) is 70.1 Å². The number of benzene rings is 1. The van der Waals surface area contributed by atoms with Crippen molar-refractivity contribution in [2.45, 2.75) is 30.4 Å². The maximum absolute atomic E-state index is 8.86. The lowest BCUT2D eigenvalue weighted by Gasteiger charge is -2.13. The van der Waals surface area contributed by atoms with Crippen molar-refractivity contribution in [3.8, 4) is 0 Å². The largest absolute Gasteiger partial charge is 0.396 e. The molecule has 3 nitrogen and oxygen atoms in total. The number of aryl methyl sites for hydroxylation is 1. The minimum Gasteiger partial charge on any atom is -0.396 e. The minimum atomic E-state index is 0.0994. The maximum Gasteiger partial charge on any atom is 0.123 e. The Kier molecular flexibility index (Phi) is 4.83. The molecule has 0 saturated heterocycles. The molecule has 4 N–H and O–H groups in total. The van der Waals surface area contributed by atoms with Gasteiger partial charge in [0.05, 0.1) is 0 Å². The molecular weight excluding hydrogens is 220 g/mol. The predicted octanol–water partition coefficient (Wildman–Crippen LogP) is 2.14. The van der Waals surface area contributed by atoms with Gasteiger partial charge in [0.2, 0.25) is 0 Å². The van der Waals surface area contributed by atoms with Gasteiger partial charge in [0.25, 0.3) is 0 Å². The van der Waals surface area contributed by atoms with Gasteiger partial charge in [-0.2, -0.15) is 0 Å². The Morgan fingerprint density at radius 3 is 2.81 bits per heavy atom. The van der Waals surface area contributed by atoms with Crippen LogP contribution >= 0.6 is 11.8 Å². The normalized spacial score (nSPS) is 12.4. The third-order valence-corrected chi connectivity index (χ3v) is 3.54. The van der Waals surface area contributed by atoms with Gasteiger partial charge in [0.1, 0.15) is 5.84 Å². The molecule has 1 rings (SSSR count). The zero-order valence-corrected chi connectivity index (χ0v) is 10.5. The van der Waals surface area contributed by atoms with Gasteiger partial charge in [-0.25, -0.2) is 0 Å². The average Bonchev–Trinajstić information content (AvgIpc) is 2.20. The summed E-state index contributed by atoms with van der Waals surface area (Å²) in [6, 6.07) is 5.93. The first-order valence-electron chi connectivity index (χ1n) is 5.27. The number of nitrogen functional groups attached to an aromatic ring is 1. The smallest absolute Gasteiger partial charge is 0.123 e. The summed E-state index contributed by atoms with van der Waals surface area (Å²) in [5.41, 5.74) is 7.44. The van der Waals surface area contributed by atoms with Gasteiger partial charge in [-0.1, -0.05) is 18.6 Å². The summed E-state index contributed by atoms with van der Waals surface area (Å²) >= 11 is 1.65. The number of aliphatic hydroxyl groups excluding tert-OH is 1. The molecule has 0 spiro atoms. The van der Waals surface area contributed by atoms with Crippen LogP contribution in [0.1, 0.15) is 24.5 Å². The Morgan fingerprint density at radius 1 is 1.56 bits per heavy atom. The summed E-state index contributed by atoms with van der Waals surface area (Å²) in [5.74, 6) is 0.0994. The fourth-order valence-electron chi connectivity index (χ4n) is 1.41. The van der Waals surface area contributed by atoms with E-state index in [1.54, 1.807) is 11.8 Å². The average molecular weight is 238 g/mol. The molecule has 0 aliphatic carbocycles. The van der Waals surface area contributed by atoms with Gasteiger partial charge in [-0.3, -0.25) is 5.41 Å². The molecule has 0 bridgehead atoms. The van der Waals surface area contributed by atoms with Crippen molar-refractivity contribution in [3.05, 3.63) is 29.3 Å². The highest BCUT2D eigenvalue weighted by atomic mass is 32.2. The van der Waals surface area contributed by atoms with Gasteiger partial charge in [0, 0.05) is 22.3 Å². The van der Waals surface area contributed by atoms with E-state index < -0.39 is 0 Å². The fourth-order valence-corrected chi connectivity index (χ4v) is 2.51. The van der Waals surface area contributed by atoms with Crippen LogP contribution in [0.15, 0.2) is 23.1 Å². The van der Waals surface area contributed by atoms with E-state index in [0.717, 1.165) is 22.4 Å².